The van der Waals surface area contributed by atoms with Crippen LogP contribution >= 0.6 is 0 Å². The van der Waals surface area contributed by atoms with E-state index in [1.807, 2.05) is 13.8 Å². The van der Waals surface area contributed by atoms with Crippen molar-refractivity contribution in [1.82, 2.24) is 5.32 Å². The van der Waals surface area contributed by atoms with Gasteiger partial charge in [0.1, 0.15) is 11.9 Å². The lowest BCUT2D eigenvalue weighted by atomic mass is 10.1. The van der Waals surface area contributed by atoms with Crippen LogP contribution in [0.1, 0.15) is 27.2 Å². The molecule has 1 atom stereocenters. The first-order chi connectivity index (χ1) is 8.54. The molecule has 0 saturated heterocycles. The maximum atomic E-state index is 13.5. The monoisotopic (exact) mass is 257 g/mol. The van der Waals surface area contributed by atoms with Gasteiger partial charge in [0.15, 0.2) is 11.6 Å². The summed E-state index contributed by atoms with van der Waals surface area (Å²) in [5, 5.41) is 3.23. The van der Waals surface area contributed by atoms with Crippen LogP contribution in [0.15, 0.2) is 18.2 Å². The molecular formula is C14H21F2NO. The first-order valence-corrected chi connectivity index (χ1v) is 6.37. The summed E-state index contributed by atoms with van der Waals surface area (Å²) in [6, 6.07) is 3.26. The normalized spacial score (nSPS) is 12.8. The second-order valence-corrected chi connectivity index (χ2v) is 4.68. The number of hydrogen-bond donors (Lipinski definition) is 1. The molecular weight excluding hydrogens is 236 g/mol. The van der Waals surface area contributed by atoms with Crippen molar-refractivity contribution in [2.24, 2.45) is 5.92 Å². The van der Waals surface area contributed by atoms with Crippen molar-refractivity contribution < 1.29 is 13.5 Å². The molecule has 0 aliphatic heterocycles. The van der Waals surface area contributed by atoms with Crippen LogP contribution < -0.4 is 10.1 Å². The molecule has 0 fully saturated rings. The first kappa shape index (κ1) is 14.9. The van der Waals surface area contributed by atoms with Crippen molar-refractivity contribution in [3.8, 4) is 5.75 Å². The Bertz CT molecular complexity index is 369. The minimum absolute atomic E-state index is 0.0213. The van der Waals surface area contributed by atoms with Gasteiger partial charge in [-0.3, -0.25) is 0 Å². The van der Waals surface area contributed by atoms with Crippen LogP contribution in [-0.4, -0.2) is 19.2 Å². The minimum atomic E-state index is -0.530. The fraction of sp³-hybridized carbons (Fsp3) is 0.571. The Kier molecular flexibility index (Phi) is 6.05. The number of hydrogen-bond acceptors (Lipinski definition) is 2. The van der Waals surface area contributed by atoms with E-state index in [0.717, 1.165) is 31.2 Å². The van der Waals surface area contributed by atoms with Crippen molar-refractivity contribution in [2.75, 3.05) is 13.1 Å². The third-order valence-corrected chi connectivity index (χ3v) is 2.69. The fourth-order valence-corrected chi connectivity index (χ4v) is 1.57. The lowest BCUT2D eigenvalue weighted by Gasteiger charge is -2.23. The van der Waals surface area contributed by atoms with Crippen LogP contribution in [0.25, 0.3) is 0 Å². The molecule has 0 radical (unpaired) electrons. The third kappa shape index (κ3) is 4.61. The maximum Gasteiger partial charge on any atom is 0.165 e. The van der Waals surface area contributed by atoms with Crippen LogP contribution in [0.4, 0.5) is 8.78 Å². The average Bonchev–Trinajstić information content (AvgIpc) is 2.32. The SMILES string of the molecule is CCCNCC(Oc1cc(F)ccc1F)C(C)C. The van der Waals surface area contributed by atoms with Gasteiger partial charge in [-0.2, -0.15) is 0 Å². The molecule has 0 saturated carbocycles. The molecule has 1 unspecified atom stereocenters. The Labute approximate surface area is 107 Å². The van der Waals surface area contributed by atoms with Crippen molar-refractivity contribution in [3.05, 3.63) is 29.8 Å². The highest BCUT2D eigenvalue weighted by Crippen LogP contribution is 2.21. The summed E-state index contributed by atoms with van der Waals surface area (Å²) in [5.41, 5.74) is 0. The first-order valence-electron chi connectivity index (χ1n) is 6.37. The van der Waals surface area contributed by atoms with Crippen molar-refractivity contribution in [2.45, 2.75) is 33.3 Å². The summed E-state index contributed by atoms with van der Waals surface area (Å²) in [6.45, 7) is 7.58. The van der Waals surface area contributed by atoms with E-state index in [9.17, 15) is 8.78 Å². The molecule has 0 aromatic heterocycles. The number of halogens is 2. The third-order valence-electron chi connectivity index (χ3n) is 2.69. The molecule has 1 aromatic carbocycles. The quantitative estimate of drug-likeness (QED) is 0.756. The molecule has 0 amide bonds. The standard InChI is InChI=1S/C14H21F2NO/c1-4-7-17-9-14(10(2)3)18-13-8-11(15)5-6-12(13)16/h5-6,8,10,14,17H,4,7,9H2,1-3H3. The van der Waals surface area contributed by atoms with E-state index in [1.165, 1.54) is 0 Å². The summed E-state index contributed by atoms with van der Waals surface area (Å²) in [7, 11) is 0. The number of benzene rings is 1. The van der Waals surface area contributed by atoms with Gasteiger partial charge in [0, 0.05) is 12.6 Å². The zero-order chi connectivity index (χ0) is 13.5. The van der Waals surface area contributed by atoms with Gasteiger partial charge >= 0.3 is 0 Å². The summed E-state index contributed by atoms with van der Waals surface area (Å²) >= 11 is 0. The van der Waals surface area contributed by atoms with Gasteiger partial charge < -0.3 is 10.1 Å². The van der Waals surface area contributed by atoms with E-state index in [-0.39, 0.29) is 17.8 Å². The van der Waals surface area contributed by atoms with E-state index < -0.39 is 11.6 Å². The van der Waals surface area contributed by atoms with Crippen molar-refractivity contribution >= 4 is 0 Å². The Hall–Kier alpha value is -1.16. The molecule has 0 aliphatic carbocycles. The van der Waals surface area contributed by atoms with E-state index in [1.54, 1.807) is 0 Å². The van der Waals surface area contributed by atoms with Gasteiger partial charge in [-0.15, -0.1) is 0 Å². The summed E-state index contributed by atoms with van der Waals surface area (Å²) in [5.74, 6) is -0.822. The van der Waals surface area contributed by atoms with E-state index in [0.29, 0.717) is 6.54 Å². The fourth-order valence-electron chi connectivity index (χ4n) is 1.57. The summed E-state index contributed by atoms with van der Waals surface area (Å²) in [6.07, 6.45) is 0.854. The molecule has 2 nitrogen and oxygen atoms in total. The highest BCUT2D eigenvalue weighted by atomic mass is 19.1. The number of nitrogens with one attached hydrogen (secondary N) is 1. The van der Waals surface area contributed by atoms with E-state index in [4.69, 9.17) is 4.74 Å². The highest BCUT2D eigenvalue weighted by Gasteiger charge is 2.17. The second-order valence-electron chi connectivity index (χ2n) is 4.68. The van der Waals surface area contributed by atoms with E-state index in [2.05, 4.69) is 12.2 Å². The van der Waals surface area contributed by atoms with Crippen LogP contribution in [0.5, 0.6) is 5.75 Å². The van der Waals surface area contributed by atoms with Gasteiger partial charge in [0.25, 0.3) is 0 Å². The van der Waals surface area contributed by atoms with Crippen LogP contribution in [0.2, 0.25) is 0 Å². The topological polar surface area (TPSA) is 21.3 Å². The van der Waals surface area contributed by atoms with Crippen molar-refractivity contribution in [3.63, 3.8) is 0 Å². The zero-order valence-corrected chi connectivity index (χ0v) is 11.2. The number of rotatable bonds is 7. The Morgan fingerprint density at radius 1 is 1.28 bits per heavy atom. The lowest BCUT2D eigenvalue weighted by Crippen LogP contribution is -2.36. The molecule has 0 bridgehead atoms. The van der Waals surface area contributed by atoms with Gasteiger partial charge in [-0.25, -0.2) is 8.78 Å². The van der Waals surface area contributed by atoms with Crippen LogP contribution in [0, 0.1) is 17.6 Å². The van der Waals surface area contributed by atoms with Gasteiger partial charge in [-0.05, 0) is 31.0 Å². The lowest BCUT2D eigenvalue weighted by molar-refractivity contribution is 0.142. The molecule has 0 spiro atoms. The molecule has 0 aliphatic rings. The minimum Gasteiger partial charge on any atom is -0.486 e. The average molecular weight is 257 g/mol. The molecule has 4 heteroatoms. The van der Waals surface area contributed by atoms with Crippen molar-refractivity contribution in [1.29, 1.82) is 0 Å². The molecule has 102 valence electrons. The van der Waals surface area contributed by atoms with Crippen LogP contribution in [0.3, 0.4) is 0 Å². The molecule has 0 heterocycles. The predicted molar refractivity (Wildman–Crippen MR) is 68.8 cm³/mol. The molecule has 1 aromatic rings. The summed E-state index contributed by atoms with van der Waals surface area (Å²) < 4.78 is 32.1. The van der Waals surface area contributed by atoms with Gasteiger partial charge in [0.05, 0.1) is 0 Å². The van der Waals surface area contributed by atoms with Gasteiger partial charge in [0.2, 0.25) is 0 Å². The van der Waals surface area contributed by atoms with Gasteiger partial charge in [-0.1, -0.05) is 20.8 Å². The molecule has 1 N–H and O–H groups in total. The smallest absolute Gasteiger partial charge is 0.165 e. The maximum absolute atomic E-state index is 13.5. The molecule has 1 rings (SSSR count). The molecule has 18 heavy (non-hydrogen) atoms. The Balaban J connectivity index is 2.67. The van der Waals surface area contributed by atoms with E-state index >= 15 is 0 Å². The Morgan fingerprint density at radius 3 is 2.61 bits per heavy atom. The predicted octanol–water partition coefficient (Wildman–Crippen LogP) is 3.37. The number of ether oxygens (including phenoxy) is 1. The summed E-state index contributed by atoms with van der Waals surface area (Å²) in [4.78, 5) is 0. The van der Waals surface area contributed by atoms with Crippen LogP contribution in [-0.2, 0) is 0 Å². The second kappa shape index (κ2) is 7.31. The zero-order valence-electron chi connectivity index (χ0n) is 11.2. The highest BCUT2D eigenvalue weighted by molar-refractivity contribution is 5.25. The largest absolute Gasteiger partial charge is 0.486 e. The Morgan fingerprint density at radius 2 is 2.00 bits per heavy atom.